The summed E-state index contributed by atoms with van der Waals surface area (Å²) in [4.78, 5) is 29.6. The minimum atomic E-state index is -3.88. The molecule has 0 saturated carbocycles. The van der Waals surface area contributed by atoms with Crippen molar-refractivity contribution in [2.75, 3.05) is 26.8 Å². The molecule has 0 bridgehead atoms. The van der Waals surface area contributed by atoms with Gasteiger partial charge in [0.1, 0.15) is 10.5 Å². The summed E-state index contributed by atoms with van der Waals surface area (Å²) in [6.45, 7) is 1.34. The summed E-state index contributed by atoms with van der Waals surface area (Å²) in [6.07, 6.45) is 2.86. The van der Waals surface area contributed by atoms with Crippen molar-refractivity contribution in [2.24, 2.45) is 7.05 Å². The summed E-state index contributed by atoms with van der Waals surface area (Å²) in [6, 6.07) is 1.22. The second-order valence-corrected chi connectivity index (χ2v) is 8.20. The number of fused-ring (bicyclic) bond motifs is 1. The average Bonchev–Trinajstić information content (AvgIpc) is 3.07. The summed E-state index contributed by atoms with van der Waals surface area (Å²) in [5.74, 6) is 0. The molecular weight excluding hydrogens is 398 g/mol. The first kappa shape index (κ1) is 21.5. The second-order valence-electron chi connectivity index (χ2n) is 6.43. The van der Waals surface area contributed by atoms with Gasteiger partial charge >= 0.3 is 5.69 Å². The predicted octanol–water partition coefficient (Wildman–Crippen LogP) is -0.909. The SMILES string of the molecule is COCC1(CNS(=O)(=O)c2cnc3c(c2)c(=O)[nH]c(=O)n3C)CCCN1.Cl. The van der Waals surface area contributed by atoms with Crippen LogP contribution >= 0.6 is 12.4 Å². The molecule has 1 aliphatic rings. The first-order valence-corrected chi connectivity index (χ1v) is 9.59. The van der Waals surface area contributed by atoms with E-state index in [0.717, 1.165) is 30.2 Å². The Bertz CT molecular complexity index is 1040. The molecule has 1 unspecified atom stereocenters. The van der Waals surface area contributed by atoms with Gasteiger partial charge in [0.25, 0.3) is 5.56 Å². The fourth-order valence-corrected chi connectivity index (χ4v) is 4.25. The van der Waals surface area contributed by atoms with Gasteiger partial charge in [0.2, 0.25) is 10.0 Å². The van der Waals surface area contributed by atoms with E-state index >= 15 is 0 Å². The summed E-state index contributed by atoms with van der Waals surface area (Å²) in [7, 11) is -0.869. The van der Waals surface area contributed by atoms with Crippen molar-refractivity contribution in [2.45, 2.75) is 23.3 Å². The van der Waals surface area contributed by atoms with Crippen molar-refractivity contribution in [1.82, 2.24) is 24.6 Å². The van der Waals surface area contributed by atoms with Crippen molar-refractivity contribution in [1.29, 1.82) is 0 Å². The summed E-state index contributed by atoms with van der Waals surface area (Å²) < 4.78 is 34.2. The number of halogens is 1. The maximum absolute atomic E-state index is 12.6. The number of aryl methyl sites for hydroxylation is 1. The lowest BCUT2D eigenvalue weighted by atomic mass is 9.99. The van der Waals surface area contributed by atoms with E-state index in [1.807, 2.05) is 0 Å². The number of ether oxygens (including phenoxy) is 1. The predicted molar refractivity (Wildman–Crippen MR) is 102 cm³/mol. The van der Waals surface area contributed by atoms with E-state index in [1.54, 1.807) is 7.11 Å². The minimum Gasteiger partial charge on any atom is -0.383 e. The van der Waals surface area contributed by atoms with Crippen LogP contribution in [-0.4, -0.2) is 55.3 Å². The Balaban J connectivity index is 0.00000261. The standard InChI is InChI=1S/C15H21N5O5S.ClH/c1-20-12-11(13(21)19-14(20)22)6-10(7-16-12)26(23,24)18-8-15(9-25-2)4-3-5-17-15;/h6-7,17-18H,3-5,8-9H2,1-2H3,(H,19,21,22);1H. The Hall–Kier alpha value is -1.79. The lowest BCUT2D eigenvalue weighted by Gasteiger charge is -2.28. The number of aromatic nitrogens is 3. The normalized spacial score (nSPS) is 19.9. The van der Waals surface area contributed by atoms with Gasteiger partial charge in [-0.15, -0.1) is 12.4 Å². The highest BCUT2D eigenvalue weighted by atomic mass is 35.5. The lowest BCUT2D eigenvalue weighted by molar-refractivity contribution is 0.122. The molecule has 1 saturated heterocycles. The molecule has 2 aromatic rings. The maximum atomic E-state index is 12.6. The average molecular weight is 420 g/mol. The Morgan fingerprint density at radius 2 is 2.15 bits per heavy atom. The van der Waals surface area contributed by atoms with Gasteiger partial charge in [-0.25, -0.2) is 22.9 Å². The number of nitrogens with one attached hydrogen (secondary N) is 3. The van der Waals surface area contributed by atoms with Crippen molar-refractivity contribution in [3.05, 3.63) is 33.1 Å². The number of sulfonamides is 1. The summed E-state index contributed by atoms with van der Waals surface area (Å²) in [5.41, 5.74) is -1.63. The molecule has 27 heavy (non-hydrogen) atoms. The van der Waals surface area contributed by atoms with Crippen LogP contribution in [0.4, 0.5) is 0 Å². The minimum absolute atomic E-state index is 0. The molecule has 0 spiro atoms. The molecule has 3 N–H and O–H groups in total. The smallest absolute Gasteiger partial charge is 0.329 e. The third-order valence-corrected chi connectivity index (χ3v) is 5.96. The number of rotatable bonds is 6. The van der Waals surface area contributed by atoms with Crippen LogP contribution in [-0.2, 0) is 21.8 Å². The molecule has 3 rings (SSSR count). The van der Waals surface area contributed by atoms with Crippen LogP contribution in [0.2, 0.25) is 0 Å². The van der Waals surface area contributed by atoms with Gasteiger partial charge in [-0.3, -0.25) is 14.3 Å². The van der Waals surface area contributed by atoms with Crippen molar-refractivity contribution in [3.8, 4) is 0 Å². The van der Waals surface area contributed by atoms with Gasteiger partial charge in [-0.1, -0.05) is 0 Å². The van der Waals surface area contributed by atoms with Gasteiger partial charge in [0, 0.05) is 26.9 Å². The largest absolute Gasteiger partial charge is 0.383 e. The molecule has 10 nitrogen and oxygen atoms in total. The fourth-order valence-electron chi connectivity index (χ4n) is 3.15. The van der Waals surface area contributed by atoms with Crippen LogP contribution < -0.4 is 21.3 Å². The van der Waals surface area contributed by atoms with Gasteiger partial charge < -0.3 is 10.1 Å². The highest BCUT2D eigenvalue weighted by Gasteiger charge is 2.35. The zero-order chi connectivity index (χ0) is 18.9. The number of hydrogen-bond acceptors (Lipinski definition) is 7. The fraction of sp³-hybridized carbons (Fsp3) is 0.533. The zero-order valence-electron chi connectivity index (χ0n) is 14.9. The van der Waals surface area contributed by atoms with Crippen LogP contribution in [0.5, 0.6) is 0 Å². The van der Waals surface area contributed by atoms with Gasteiger partial charge in [0.15, 0.2) is 0 Å². The van der Waals surface area contributed by atoms with Crippen molar-refractivity contribution < 1.29 is 13.2 Å². The Morgan fingerprint density at radius 3 is 2.78 bits per heavy atom. The number of H-pyrrole nitrogens is 1. The number of hydrogen-bond donors (Lipinski definition) is 3. The zero-order valence-corrected chi connectivity index (χ0v) is 16.6. The second kappa shape index (κ2) is 8.07. The van der Waals surface area contributed by atoms with E-state index in [-0.39, 0.29) is 34.9 Å². The highest BCUT2D eigenvalue weighted by Crippen LogP contribution is 2.20. The van der Waals surface area contributed by atoms with E-state index in [2.05, 4.69) is 20.0 Å². The molecule has 150 valence electrons. The van der Waals surface area contributed by atoms with E-state index in [4.69, 9.17) is 4.74 Å². The molecule has 12 heteroatoms. The summed E-state index contributed by atoms with van der Waals surface area (Å²) >= 11 is 0. The van der Waals surface area contributed by atoms with E-state index in [0.29, 0.717) is 6.61 Å². The summed E-state index contributed by atoms with van der Waals surface area (Å²) in [5, 5.41) is 3.32. The quantitative estimate of drug-likeness (QED) is 0.551. The van der Waals surface area contributed by atoms with Crippen molar-refractivity contribution >= 4 is 33.5 Å². The van der Waals surface area contributed by atoms with E-state index in [1.165, 1.54) is 13.1 Å². The van der Waals surface area contributed by atoms with Gasteiger partial charge in [-0.2, -0.15) is 0 Å². The molecule has 1 atom stereocenters. The Labute approximate surface area is 161 Å². The molecule has 0 amide bonds. The number of methoxy groups -OCH3 is 1. The first-order valence-electron chi connectivity index (χ1n) is 8.11. The van der Waals surface area contributed by atoms with Crippen LogP contribution in [0.25, 0.3) is 11.0 Å². The Morgan fingerprint density at radius 1 is 1.41 bits per heavy atom. The molecular formula is C15H22ClN5O5S. The van der Waals surface area contributed by atoms with Gasteiger partial charge in [0.05, 0.1) is 17.5 Å². The van der Waals surface area contributed by atoms with Crippen LogP contribution in [0, 0.1) is 0 Å². The topological polar surface area (TPSA) is 135 Å². The molecule has 0 aromatic carbocycles. The third-order valence-electron chi connectivity index (χ3n) is 4.59. The molecule has 0 aliphatic carbocycles. The molecule has 3 heterocycles. The lowest BCUT2D eigenvalue weighted by Crippen LogP contribution is -2.52. The molecule has 1 fully saturated rings. The third kappa shape index (κ3) is 4.22. The Kier molecular flexibility index (Phi) is 6.43. The van der Waals surface area contributed by atoms with E-state index in [9.17, 15) is 18.0 Å². The molecule has 0 radical (unpaired) electrons. The maximum Gasteiger partial charge on any atom is 0.329 e. The monoisotopic (exact) mass is 419 g/mol. The van der Waals surface area contributed by atoms with Gasteiger partial charge in [-0.05, 0) is 25.5 Å². The van der Waals surface area contributed by atoms with Crippen LogP contribution in [0.3, 0.4) is 0 Å². The van der Waals surface area contributed by atoms with Crippen LogP contribution in [0.1, 0.15) is 12.8 Å². The van der Waals surface area contributed by atoms with Crippen molar-refractivity contribution in [3.63, 3.8) is 0 Å². The number of aromatic amines is 1. The number of pyridine rings is 1. The van der Waals surface area contributed by atoms with Crippen LogP contribution in [0.15, 0.2) is 26.7 Å². The molecule has 2 aromatic heterocycles. The first-order chi connectivity index (χ1) is 12.3. The highest BCUT2D eigenvalue weighted by molar-refractivity contribution is 7.89. The molecule has 1 aliphatic heterocycles. The number of nitrogens with zero attached hydrogens (tertiary/aromatic N) is 2. The van der Waals surface area contributed by atoms with E-state index < -0.39 is 26.8 Å².